The van der Waals surface area contributed by atoms with Crippen molar-refractivity contribution in [3.63, 3.8) is 0 Å². The normalized spacial score (nSPS) is 33.7. The van der Waals surface area contributed by atoms with Crippen molar-refractivity contribution in [2.75, 3.05) is 26.8 Å². The van der Waals surface area contributed by atoms with Crippen LogP contribution in [0, 0.1) is 11.8 Å². The Bertz CT molecular complexity index is 1110. The van der Waals surface area contributed by atoms with Crippen molar-refractivity contribution in [3.8, 4) is 0 Å². The summed E-state index contributed by atoms with van der Waals surface area (Å²) in [6.45, 7) is 3.90. The van der Waals surface area contributed by atoms with Crippen molar-refractivity contribution in [3.05, 3.63) is 60.1 Å². The van der Waals surface area contributed by atoms with Gasteiger partial charge in [-0.25, -0.2) is 9.59 Å². The van der Waals surface area contributed by atoms with E-state index < -0.39 is 73.3 Å². The molecule has 41 heavy (non-hydrogen) atoms. The predicted molar refractivity (Wildman–Crippen MR) is 138 cm³/mol. The van der Waals surface area contributed by atoms with Gasteiger partial charge in [-0.15, -0.1) is 6.58 Å². The predicted octanol–water partition coefficient (Wildman–Crippen LogP) is -2.15. The van der Waals surface area contributed by atoms with Gasteiger partial charge in [0.05, 0.1) is 44.4 Å². The molecule has 226 valence electrons. The number of aliphatic hydroxyl groups excluding tert-OH is 4. The lowest BCUT2D eigenvalue weighted by molar-refractivity contribution is -0.842. The van der Waals surface area contributed by atoms with Gasteiger partial charge in [0.1, 0.15) is 42.7 Å². The van der Waals surface area contributed by atoms with E-state index in [0.717, 1.165) is 11.2 Å². The molecular formula is C27H36NO13+. The second-order valence-electron chi connectivity index (χ2n) is 9.81. The van der Waals surface area contributed by atoms with E-state index in [1.165, 1.54) is 25.5 Å². The van der Waals surface area contributed by atoms with Crippen LogP contribution in [0.3, 0.4) is 0 Å². The van der Waals surface area contributed by atoms with Crippen LogP contribution in [-0.2, 0) is 33.3 Å². The third-order valence-corrected chi connectivity index (χ3v) is 7.01. The van der Waals surface area contributed by atoms with Gasteiger partial charge in [-0.1, -0.05) is 18.2 Å². The van der Waals surface area contributed by atoms with Crippen LogP contribution in [0.1, 0.15) is 12.8 Å². The second-order valence-corrected chi connectivity index (χ2v) is 9.81. The van der Waals surface area contributed by atoms with Gasteiger partial charge < -0.3 is 54.5 Å². The summed E-state index contributed by atoms with van der Waals surface area (Å²) >= 11 is 0. The molecule has 0 bridgehead atoms. The van der Waals surface area contributed by atoms with Crippen LogP contribution in [0.5, 0.6) is 0 Å². The number of esters is 1. The molecule has 14 heteroatoms. The van der Waals surface area contributed by atoms with Gasteiger partial charge in [0.25, 0.3) is 0 Å². The van der Waals surface area contributed by atoms with Crippen LogP contribution in [0.2, 0.25) is 0 Å². The van der Waals surface area contributed by atoms with Gasteiger partial charge in [-0.2, -0.15) is 0 Å². The molecule has 1 saturated heterocycles. The molecule has 0 aliphatic carbocycles. The Hall–Kier alpha value is -3.37. The molecule has 0 aromatic heterocycles. The number of aliphatic carboxylic acids is 2. The van der Waals surface area contributed by atoms with Crippen LogP contribution in [0.15, 0.2) is 60.1 Å². The summed E-state index contributed by atoms with van der Waals surface area (Å²) in [4.78, 5) is 35.9. The molecule has 0 aromatic rings. The molecule has 3 aliphatic rings. The highest BCUT2D eigenvalue weighted by atomic mass is 16.8. The molecule has 3 aliphatic heterocycles. The van der Waals surface area contributed by atoms with Gasteiger partial charge in [0.2, 0.25) is 6.29 Å². The van der Waals surface area contributed by atoms with Crippen molar-refractivity contribution >= 4 is 17.9 Å². The fraction of sp³-hybridized carbons (Fsp3) is 0.519. The lowest BCUT2D eigenvalue weighted by atomic mass is 9.83. The number of rotatable bonds is 12. The summed E-state index contributed by atoms with van der Waals surface area (Å²) in [5.41, 5.74) is 0.722. The quantitative estimate of drug-likeness (QED) is 0.0967. The summed E-state index contributed by atoms with van der Waals surface area (Å²) in [5.74, 6) is -4.35. The molecule has 9 atom stereocenters. The zero-order chi connectivity index (χ0) is 30.3. The lowest BCUT2D eigenvalue weighted by Gasteiger charge is -2.42. The van der Waals surface area contributed by atoms with Crippen LogP contribution < -0.4 is 4.90 Å². The van der Waals surface area contributed by atoms with Gasteiger partial charge >= 0.3 is 17.9 Å². The van der Waals surface area contributed by atoms with E-state index in [1.54, 1.807) is 12.2 Å². The molecule has 14 nitrogen and oxygen atoms in total. The Morgan fingerprint density at radius 2 is 1.88 bits per heavy atom. The first-order chi connectivity index (χ1) is 19.5. The number of aliphatic hydroxyl groups is 4. The van der Waals surface area contributed by atoms with E-state index in [-0.39, 0.29) is 17.6 Å². The molecule has 0 aromatic carbocycles. The summed E-state index contributed by atoms with van der Waals surface area (Å²) in [7, 11) is 1.19. The molecule has 3 rings (SSSR count). The third-order valence-electron chi connectivity index (χ3n) is 7.01. The van der Waals surface area contributed by atoms with Gasteiger partial charge in [0.15, 0.2) is 6.29 Å². The first-order valence-corrected chi connectivity index (χ1v) is 12.9. The minimum atomic E-state index is -1.69. The number of hydrogen-bond acceptors (Lipinski definition) is 11. The highest BCUT2D eigenvalue weighted by molar-refractivity contribution is 5.90. The number of carbonyl (C=O) groups is 3. The van der Waals surface area contributed by atoms with E-state index in [4.69, 9.17) is 24.1 Å². The molecule has 3 heterocycles. The zero-order valence-electron chi connectivity index (χ0n) is 22.4. The Morgan fingerprint density at radius 1 is 1.15 bits per heavy atom. The molecule has 9 unspecified atom stereocenters. The summed E-state index contributed by atoms with van der Waals surface area (Å²) in [5, 5.41) is 58.5. The summed E-state index contributed by atoms with van der Waals surface area (Å²) in [6.07, 6.45) is 0.248. The van der Waals surface area contributed by atoms with E-state index in [2.05, 4.69) is 6.58 Å². The van der Waals surface area contributed by atoms with Crippen molar-refractivity contribution in [2.24, 2.45) is 11.8 Å². The number of nitrogens with one attached hydrogen (secondary N) is 1. The number of quaternary nitrogens is 1. The van der Waals surface area contributed by atoms with Gasteiger partial charge in [0, 0.05) is 17.9 Å². The summed E-state index contributed by atoms with van der Waals surface area (Å²) in [6, 6.07) is 0. The maximum atomic E-state index is 12.6. The van der Waals surface area contributed by atoms with Crippen molar-refractivity contribution in [2.45, 2.75) is 49.8 Å². The minimum absolute atomic E-state index is 0.0287. The van der Waals surface area contributed by atoms with Crippen molar-refractivity contribution < 1.29 is 68.9 Å². The topological polar surface area (TPSA) is 214 Å². The molecule has 0 spiro atoms. The van der Waals surface area contributed by atoms with E-state index in [1.807, 2.05) is 0 Å². The standard InChI is InChI=1S/C27H35NO13/c1-3-16-17(7-6-14-9-15(24(35)36)11-28(10-14)8-4-5-20(30)31)18(25(37)38-2)13-39-26(16)41-27-23(34)22(33)21(32)19(12-29)40-27/h3,6-7,9,11,13,16-17,19,21-23,26-27,29,32-34H,1,4-5,8,10,12H2,2H3,(H,30,31)(H,35,36)/p+1. The SMILES string of the molecule is C=CC1C(OC2OC(CO)C(O)C(O)C2O)OC=C(C(=O)OC)C1C=CC1=CC(C(=O)O)=C[NH+](CCCC(=O)O)C1. The van der Waals surface area contributed by atoms with Crippen molar-refractivity contribution in [1.29, 1.82) is 0 Å². The van der Waals surface area contributed by atoms with E-state index in [9.17, 15) is 39.9 Å². The van der Waals surface area contributed by atoms with Gasteiger partial charge in [-0.3, -0.25) is 4.79 Å². The van der Waals surface area contributed by atoms with Gasteiger partial charge in [-0.05, 0) is 6.08 Å². The van der Waals surface area contributed by atoms with Crippen LogP contribution in [-0.4, -0.2) is 112 Å². The monoisotopic (exact) mass is 582 g/mol. The number of carbonyl (C=O) groups excluding carboxylic acids is 1. The van der Waals surface area contributed by atoms with E-state index in [0.29, 0.717) is 25.1 Å². The Balaban J connectivity index is 1.85. The van der Waals surface area contributed by atoms with Crippen LogP contribution >= 0.6 is 0 Å². The highest BCUT2D eigenvalue weighted by Crippen LogP contribution is 2.36. The average molecular weight is 583 g/mol. The Morgan fingerprint density at radius 3 is 2.49 bits per heavy atom. The molecule has 1 fully saturated rings. The summed E-state index contributed by atoms with van der Waals surface area (Å²) < 4.78 is 21.7. The molecular weight excluding hydrogens is 546 g/mol. The first kappa shape index (κ1) is 32.1. The van der Waals surface area contributed by atoms with Crippen LogP contribution in [0.25, 0.3) is 0 Å². The number of allylic oxidation sites excluding steroid dienone is 1. The maximum absolute atomic E-state index is 12.6. The molecule has 0 amide bonds. The number of methoxy groups -OCH3 is 1. The zero-order valence-corrected chi connectivity index (χ0v) is 22.4. The molecule has 0 radical (unpaired) electrons. The van der Waals surface area contributed by atoms with E-state index >= 15 is 0 Å². The molecule has 7 N–H and O–H groups in total. The van der Waals surface area contributed by atoms with Crippen molar-refractivity contribution in [1.82, 2.24) is 0 Å². The molecule has 0 saturated carbocycles. The largest absolute Gasteiger partial charge is 0.481 e. The number of hydrogen-bond donors (Lipinski definition) is 7. The average Bonchev–Trinajstić information content (AvgIpc) is 2.95. The lowest BCUT2D eigenvalue weighted by Crippen LogP contribution is -3.08. The highest BCUT2D eigenvalue weighted by Gasteiger charge is 2.47. The smallest absolute Gasteiger partial charge is 0.341 e. The van der Waals surface area contributed by atoms with Crippen LogP contribution in [0.4, 0.5) is 0 Å². The Labute approximate surface area is 235 Å². The fourth-order valence-corrected chi connectivity index (χ4v) is 4.82. The third kappa shape index (κ3) is 7.89. The minimum Gasteiger partial charge on any atom is -0.481 e. The maximum Gasteiger partial charge on any atom is 0.341 e. The first-order valence-electron chi connectivity index (χ1n) is 12.9. The number of ether oxygens (including phenoxy) is 4. The Kier molecular flexibility index (Phi) is 11.4. The number of carboxylic acid groups (broad SMARTS) is 2. The number of carboxylic acids is 2. The second kappa shape index (κ2) is 14.5. The fourth-order valence-electron chi connectivity index (χ4n) is 4.82.